The van der Waals surface area contributed by atoms with Crippen LogP contribution in [-0.2, 0) is 57.3 Å². The second-order valence-corrected chi connectivity index (χ2v) is 20.3. The van der Waals surface area contributed by atoms with Crippen molar-refractivity contribution in [2.75, 3.05) is 39.3 Å². The van der Waals surface area contributed by atoms with Gasteiger partial charge >= 0.3 is 23.9 Å². The number of esters is 4. The van der Waals surface area contributed by atoms with Crippen molar-refractivity contribution in [3.05, 3.63) is 0 Å². The number of amides is 2. The largest absolute Gasteiger partial charge is 1.00 e. The highest BCUT2D eigenvalue weighted by Gasteiger charge is 2.41. The molecule has 0 aromatic rings. The third-order valence-corrected chi connectivity index (χ3v) is 13.0. The van der Waals surface area contributed by atoms with Gasteiger partial charge in [0.15, 0.2) is 11.6 Å². The molecule has 0 fully saturated rings. The summed E-state index contributed by atoms with van der Waals surface area (Å²) < 4.78 is 22.1. The Morgan fingerprint density at radius 2 is 0.512 bits per heavy atom. The van der Waals surface area contributed by atoms with Crippen molar-refractivity contribution in [2.24, 2.45) is 0 Å². The standard InChI is InChI=1S/C31H59N3O6.C27H51N3O6.CH4.3ClH/c1-3-5-7-9-11-13-15-17-21-27(36)39-29(26(35)20-19-23-32)30(31(38)34-25-24-33)40-28(37)22-18-16-14-12-10-8-6-4-2;1-3-5-7-9-11-13-17-23(32)35-25(22(31)16-15-19-28)26(27(34)30-21-20-29)36-24(33)18-14-12-10-8-6-4-2;;;;/h29-30H,3-25,32-33H2,1-2H3,(H,34,38);25-26H,3-21,28-29H2,1-2H3,(H,30,34);1H4;3*1H/p+1/t29-,30+;25-,26+;;;;/m00..../s1. The van der Waals surface area contributed by atoms with Gasteiger partial charge in [0.2, 0.25) is 24.4 Å². The predicted octanol–water partition coefficient (Wildman–Crippen LogP) is -2.27. The second kappa shape index (κ2) is 65.0. The SMILES string of the molecule is C.CCCCCCCCC(=O)O[C@@H](C(=O)CCC[NH3+])[C@@H](OC(=O)CCCCCCCC)C(=O)NCC[NH3+].CCCCCCCCCCC(=O)O[C@@H](C(=O)CCC[NH3+])[C@@H](OC(=O)CCCCCCCCCC)C(=O)NCC[NH3+].[Cl-].[Cl-].[Cl-]. The van der Waals surface area contributed by atoms with Gasteiger partial charge in [-0.1, -0.05) is 189 Å². The van der Waals surface area contributed by atoms with Crippen LogP contribution in [0.1, 0.15) is 266 Å². The minimum Gasteiger partial charge on any atom is -1.00 e. The molecule has 18 nitrogen and oxygen atoms in total. The fraction of sp³-hybridized carbons (Fsp3) is 0.864. The number of ketones is 2. The highest BCUT2D eigenvalue weighted by molar-refractivity contribution is 5.95. The fourth-order valence-corrected chi connectivity index (χ4v) is 8.31. The number of hydrogen-bond acceptors (Lipinski definition) is 12. The Bertz CT molecular complexity index is 1410. The Kier molecular flexibility index (Phi) is 71.6. The van der Waals surface area contributed by atoms with E-state index in [1.54, 1.807) is 0 Å². The van der Waals surface area contributed by atoms with Crippen molar-refractivity contribution in [1.29, 1.82) is 0 Å². The molecule has 0 aliphatic rings. The molecule has 0 rings (SSSR count). The van der Waals surface area contributed by atoms with E-state index in [4.69, 9.17) is 18.9 Å². The summed E-state index contributed by atoms with van der Waals surface area (Å²) in [5, 5.41) is 5.28. The van der Waals surface area contributed by atoms with Gasteiger partial charge in [-0.15, -0.1) is 0 Å². The Balaban J connectivity index is -0.000000328. The normalized spacial score (nSPS) is 11.9. The van der Waals surface area contributed by atoms with Crippen LogP contribution in [0.5, 0.6) is 0 Å². The van der Waals surface area contributed by atoms with Crippen LogP contribution in [0.2, 0.25) is 0 Å². The topological polar surface area (TPSA) is 308 Å². The summed E-state index contributed by atoms with van der Waals surface area (Å²) in [4.78, 5) is 102. The number of hydrogen-bond donors (Lipinski definition) is 6. The molecule has 14 N–H and O–H groups in total. The summed E-state index contributed by atoms with van der Waals surface area (Å²) in [5.74, 6) is -4.37. The van der Waals surface area contributed by atoms with Gasteiger partial charge in [0, 0.05) is 51.4 Å². The minimum absolute atomic E-state index is 0. The summed E-state index contributed by atoms with van der Waals surface area (Å²) in [7, 11) is 0. The highest BCUT2D eigenvalue weighted by atomic mass is 35.5. The number of halogens is 3. The van der Waals surface area contributed by atoms with Crippen molar-refractivity contribution in [3.63, 3.8) is 0 Å². The average molecular weight is 1210 g/mol. The number of unbranched alkanes of at least 4 members (excludes halogenated alkanes) is 24. The van der Waals surface area contributed by atoms with Crippen LogP contribution in [0.4, 0.5) is 0 Å². The molecule has 0 saturated heterocycles. The molecule has 0 bridgehead atoms. The van der Waals surface area contributed by atoms with Gasteiger partial charge in [-0.3, -0.25) is 38.4 Å². The van der Waals surface area contributed by atoms with E-state index in [1.807, 2.05) is 0 Å². The van der Waals surface area contributed by atoms with E-state index in [-0.39, 0.29) is 96.3 Å². The molecule has 4 atom stereocenters. The van der Waals surface area contributed by atoms with Crippen molar-refractivity contribution < 1.29 is 117 Å². The zero-order chi connectivity index (χ0) is 56.9. The first-order valence-corrected chi connectivity index (χ1v) is 30.4. The lowest BCUT2D eigenvalue weighted by molar-refractivity contribution is -0.368. The molecule has 0 saturated carbocycles. The summed E-state index contributed by atoms with van der Waals surface area (Å²) >= 11 is 0. The summed E-state index contributed by atoms with van der Waals surface area (Å²) in [6, 6.07) is 0. The van der Waals surface area contributed by atoms with Gasteiger partial charge in [-0.25, -0.2) is 0 Å². The van der Waals surface area contributed by atoms with E-state index in [9.17, 15) is 38.4 Å². The van der Waals surface area contributed by atoms with Gasteiger partial charge in [0.1, 0.15) is 0 Å². The van der Waals surface area contributed by atoms with E-state index >= 15 is 0 Å². The van der Waals surface area contributed by atoms with E-state index in [1.165, 1.54) is 64.2 Å². The van der Waals surface area contributed by atoms with Crippen molar-refractivity contribution in [1.82, 2.24) is 10.6 Å². The van der Waals surface area contributed by atoms with Crippen LogP contribution in [0.25, 0.3) is 0 Å². The van der Waals surface area contributed by atoms with Gasteiger partial charge in [-0.2, -0.15) is 0 Å². The first-order valence-electron chi connectivity index (χ1n) is 30.4. The smallest absolute Gasteiger partial charge is 0.306 e. The Morgan fingerprint density at radius 3 is 0.725 bits per heavy atom. The molecule has 21 heteroatoms. The maximum absolute atomic E-state index is 13.1. The third kappa shape index (κ3) is 51.7. The van der Waals surface area contributed by atoms with Crippen molar-refractivity contribution in [3.8, 4) is 0 Å². The van der Waals surface area contributed by atoms with E-state index < -0.39 is 71.7 Å². The van der Waals surface area contributed by atoms with Gasteiger partial charge in [-0.05, 0) is 25.7 Å². The summed E-state index contributed by atoms with van der Waals surface area (Å²) in [6.07, 6.45) is 25.2. The van der Waals surface area contributed by atoms with Crippen LogP contribution >= 0.6 is 0 Å². The lowest BCUT2D eigenvalue weighted by Crippen LogP contribution is -3.00. The zero-order valence-corrected chi connectivity index (χ0v) is 52.1. The van der Waals surface area contributed by atoms with Crippen LogP contribution in [0, 0.1) is 0 Å². The highest BCUT2D eigenvalue weighted by Crippen LogP contribution is 2.19. The number of ether oxygens (including phenoxy) is 4. The van der Waals surface area contributed by atoms with Gasteiger partial charge in [0.25, 0.3) is 11.8 Å². The number of rotatable bonds is 52. The monoisotopic (exact) mass is 1210 g/mol. The maximum atomic E-state index is 13.1. The van der Waals surface area contributed by atoms with Gasteiger partial charge in [0.05, 0.1) is 39.3 Å². The third-order valence-electron chi connectivity index (χ3n) is 13.0. The molecular weight excluding hydrogens is 1090 g/mol. The Hall–Kier alpha value is -3.13. The molecule has 0 aliphatic heterocycles. The molecule has 2 amide bonds. The molecule has 476 valence electrons. The Labute approximate surface area is 503 Å². The molecule has 0 heterocycles. The van der Waals surface area contributed by atoms with Gasteiger partial charge < -0.3 is 89.7 Å². The number of carbonyl (C=O) groups is 8. The Morgan fingerprint density at radius 1 is 0.300 bits per heavy atom. The number of Topliss-reactive ketones (excluding diaryl/α,β-unsaturated/α-hetero) is 2. The van der Waals surface area contributed by atoms with Crippen LogP contribution in [0.15, 0.2) is 0 Å². The summed E-state index contributed by atoms with van der Waals surface area (Å²) in [5.41, 5.74) is 14.9. The maximum Gasteiger partial charge on any atom is 0.306 e. The molecule has 0 aromatic carbocycles. The first-order chi connectivity index (χ1) is 36.8. The minimum atomic E-state index is -1.51. The van der Waals surface area contributed by atoms with Crippen LogP contribution < -0.4 is 70.8 Å². The lowest BCUT2D eigenvalue weighted by atomic mass is 10.0. The molecule has 80 heavy (non-hydrogen) atoms. The molecular formula is C59H118Cl3N6O12+. The molecule has 0 spiro atoms. The van der Waals surface area contributed by atoms with E-state index in [0.29, 0.717) is 64.7 Å². The summed E-state index contributed by atoms with van der Waals surface area (Å²) in [6.45, 7) is 11.1. The zero-order valence-electron chi connectivity index (χ0n) is 49.9. The average Bonchev–Trinajstić information content (AvgIpc) is 3.41. The second-order valence-electron chi connectivity index (χ2n) is 20.3. The van der Waals surface area contributed by atoms with E-state index in [0.717, 1.165) is 89.9 Å². The van der Waals surface area contributed by atoms with E-state index in [2.05, 4.69) is 61.3 Å². The number of nitrogens with one attached hydrogen (secondary N) is 2. The van der Waals surface area contributed by atoms with Crippen LogP contribution in [-0.4, -0.2) is 111 Å². The predicted molar refractivity (Wildman–Crippen MR) is 302 cm³/mol. The van der Waals surface area contributed by atoms with Crippen molar-refractivity contribution in [2.45, 2.75) is 291 Å². The van der Waals surface area contributed by atoms with Crippen molar-refractivity contribution >= 4 is 47.3 Å². The molecule has 0 aliphatic carbocycles. The molecule has 0 aromatic heterocycles. The fourth-order valence-electron chi connectivity index (χ4n) is 8.31. The van der Waals surface area contributed by atoms with Crippen LogP contribution in [0.3, 0.4) is 0 Å². The number of quaternary nitrogens is 4. The quantitative estimate of drug-likeness (QED) is 0.0214. The lowest BCUT2D eigenvalue weighted by Gasteiger charge is -2.25. The molecule has 0 unspecified atom stereocenters. The molecule has 0 radical (unpaired) electrons. The first kappa shape index (κ1) is 88.1. The number of carbonyl (C=O) groups excluding carboxylic acids is 8.